The summed E-state index contributed by atoms with van der Waals surface area (Å²) in [7, 11) is 0. The van der Waals surface area contributed by atoms with Crippen LogP contribution in [0.3, 0.4) is 0 Å². The molecular formula is C26H34ClF9N8O9. The number of guanidine groups is 1. The van der Waals surface area contributed by atoms with E-state index in [0.29, 0.717) is 24.5 Å². The number of carboxylic acid groups (broad SMARTS) is 3. The minimum atomic E-state index is -5.08. The summed E-state index contributed by atoms with van der Waals surface area (Å²) in [4.78, 5) is 72.7. The van der Waals surface area contributed by atoms with Crippen LogP contribution >= 0.6 is 11.6 Å². The maximum Gasteiger partial charge on any atom is 0.490 e. The molecule has 53 heavy (non-hydrogen) atoms. The number of likely N-dealkylation sites (tertiary alicyclic amines) is 1. The summed E-state index contributed by atoms with van der Waals surface area (Å²) in [6.45, 7) is 3.39. The van der Waals surface area contributed by atoms with Crippen molar-refractivity contribution in [2.75, 3.05) is 38.0 Å². The van der Waals surface area contributed by atoms with Gasteiger partial charge in [-0.25, -0.2) is 19.4 Å². The number of hydrogen-bond donors (Lipinski definition) is 8. The highest BCUT2D eigenvalue weighted by Crippen LogP contribution is 2.15. The van der Waals surface area contributed by atoms with Crippen LogP contribution in [0.5, 0.6) is 0 Å². The Morgan fingerprint density at radius 2 is 1.30 bits per heavy atom. The number of aliphatic imine (C=N–C) groups is 1. The molecule has 0 unspecified atom stereocenters. The summed E-state index contributed by atoms with van der Waals surface area (Å²) in [6, 6.07) is 3.04. The predicted molar refractivity (Wildman–Crippen MR) is 164 cm³/mol. The van der Waals surface area contributed by atoms with E-state index in [1.54, 1.807) is 6.07 Å². The average molecular weight is 809 g/mol. The second-order valence-corrected chi connectivity index (χ2v) is 10.4. The lowest BCUT2D eigenvalue weighted by Crippen LogP contribution is -2.48. The highest BCUT2D eigenvalue weighted by molar-refractivity contribution is 6.39. The average Bonchev–Trinajstić information content (AvgIpc) is 3.02. The fourth-order valence-corrected chi connectivity index (χ4v) is 3.33. The largest absolute Gasteiger partial charge is 0.490 e. The molecule has 0 aliphatic carbocycles. The minimum Gasteiger partial charge on any atom is -0.475 e. The van der Waals surface area contributed by atoms with Crippen molar-refractivity contribution in [1.29, 1.82) is 0 Å². The molecule has 0 radical (unpaired) electrons. The van der Waals surface area contributed by atoms with Gasteiger partial charge in [-0.05, 0) is 37.8 Å². The Labute approximate surface area is 297 Å². The Kier molecular flexibility index (Phi) is 22.8. The zero-order valence-electron chi connectivity index (χ0n) is 26.9. The number of amides is 3. The van der Waals surface area contributed by atoms with E-state index in [1.807, 2.05) is 0 Å². The molecular weight excluding hydrogens is 775 g/mol. The molecule has 2 rings (SSSR count). The molecule has 27 heteroatoms. The molecule has 10 N–H and O–H groups in total. The van der Waals surface area contributed by atoms with E-state index in [-0.39, 0.29) is 23.7 Å². The van der Waals surface area contributed by atoms with E-state index < -0.39 is 48.3 Å². The molecule has 1 aromatic rings. The lowest BCUT2D eigenvalue weighted by molar-refractivity contribution is -0.193. The molecule has 17 nitrogen and oxygen atoms in total. The number of alkyl halides is 9. The standard InChI is InChI=1S/C20H31ClN8O3.3C2HF3O2/c21-14-4-5-16(26-13-14)28-19(32)18(31)27-15-6-10-29(11-7-15)12-9-24-17(30)3-1-2-8-25-20(22)23;3*3-2(4,5)1(6)7/h4-5,13,15H,1-3,6-12H2,(H,24,30)(H,27,31)(H4,22,23,25)(H,26,28,32);3*(H,6,7). The molecule has 302 valence electrons. The fourth-order valence-electron chi connectivity index (χ4n) is 3.22. The quantitative estimate of drug-likeness (QED) is 0.0550. The van der Waals surface area contributed by atoms with Gasteiger partial charge in [-0.2, -0.15) is 39.5 Å². The number of aromatic nitrogens is 1. The number of nitrogens with two attached hydrogens (primary N) is 2. The van der Waals surface area contributed by atoms with Gasteiger partial charge >= 0.3 is 48.3 Å². The number of carbonyl (C=O) groups excluding carboxylic acids is 3. The third-order valence-corrected chi connectivity index (χ3v) is 5.91. The van der Waals surface area contributed by atoms with Crippen molar-refractivity contribution >= 4 is 59.0 Å². The lowest BCUT2D eigenvalue weighted by atomic mass is 10.0. The van der Waals surface area contributed by atoms with Crippen LogP contribution in [0.1, 0.15) is 32.1 Å². The normalized spacial score (nSPS) is 13.2. The molecule has 1 fully saturated rings. The molecule has 1 saturated heterocycles. The molecule has 0 spiro atoms. The van der Waals surface area contributed by atoms with Gasteiger partial charge in [-0.1, -0.05) is 11.6 Å². The molecule has 3 amide bonds. The number of rotatable bonds is 10. The molecule has 1 aliphatic rings. The van der Waals surface area contributed by atoms with Gasteiger partial charge in [0.1, 0.15) is 5.82 Å². The smallest absolute Gasteiger partial charge is 0.475 e. The Morgan fingerprint density at radius 3 is 1.70 bits per heavy atom. The summed E-state index contributed by atoms with van der Waals surface area (Å²) < 4.78 is 95.2. The summed E-state index contributed by atoms with van der Waals surface area (Å²) >= 11 is 5.75. The molecule has 1 aromatic heterocycles. The Bertz CT molecular complexity index is 1310. The van der Waals surface area contributed by atoms with E-state index in [1.165, 1.54) is 12.3 Å². The Hall–Kier alpha value is -5.14. The van der Waals surface area contributed by atoms with Crippen molar-refractivity contribution < 1.29 is 83.6 Å². The molecule has 0 atom stereocenters. The van der Waals surface area contributed by atoms with Gasteiger partial charge in [-0.15, -0.1) is 0 Å². The third-order valence-electron chi connectivity index (χ3n) is 5.68. The number of halogens is 10. The second-order valence-electron chi connectivity index (χ2n) is 9.93. The lowest BCUT2D eigenvalue weighted by Gasteiger charge is -2.32. The first-order chi connectivity index (χ1) is 24.2. The van der Waals surface area contributed by atoms with E-state index in [9.17, 15) is 53.9 Å². The van der Waals surface area contributed by atoms with Crippen LogP contribution < -0.4 is 27.4 Å². The van der Waals surface area contributed by atoms with Gasteiger partial charge in [0.2, 0.25) is 5.91 Å². The van der Waals surface area contributed by atoms with Crippen LogP contribution in [0.4, 0.5) is 45.3 Å². The molecule has 1 aliphatic heterocycles. The summed E-state index contributed by atoms with van der Waals surface area (Å²) in [6.07, 6.45) is -10.5. The maximum atomic E-state index is 12.1. The third kappa shape index (κ3) is 27.2. The monoisotopic (exact) mass is 808 g/mol. The van der Waals surface area contributed by atoms with Gasteiger partial charge in [-0.3, -0.25) is 19.4 Å². The number of pyridine rings is 1. The Balaban J connectivity index is 0. The van der Waals surface area contributed by atoms with Crippen molar-refractivity contribution in [2.24, 2.45) is 16.5 Å². The van der Waals surface area contributed by atoms with Gasteiger partial charge in [0.05, 0.1) is 5.02 Å². The number of hydrogen-bond acceptors (Lipinski definition) is 9. The van der Waals surface area contributed by atoms with Crippen molar-refractivity contribution in [3.05, 3.63) is 23.4 Å². The number of aliphatic carboxylic acids is 3. The molecule has 0 aromatic carbocycles. The second kappa shape index (κ2) is 24.2. The van der Waals surface area contributed by atoms with Crippen molar-refractivity contribution in [3.63, 3.8) is 0 Å². The molecule has 0 saturated carbocycles. The summed E-state index contributed by atoms with van der Waals surface area (Å²) in [5, 5.41) is 29.9. The fraction of sp³-hybridized carbons (Fsp3) is 0.538. The van der Waals surface area contributed by atoms with Crippen LogP contribution in [0.2, 0.25) is 5.02 Å². The number of carbonyl (C=O) groups is 6. The minimum absolute atomic E-state index is 0.0121. The van der Waals surface area contributed by atoms with E-state index >= 15 is 0 Å². The van der Waals surface area contributed by atoms with Crippen LogP contribution in [0.25, 0.3) is 0 Å². The number of carboxylic acids is 3. The summed E-state index contributed by atoms with van der Waals surface area (Å²) in [5.74, 6) is -9.38. The first-order valence-corrected chi connectivity index (χ1v) is 14.7. The zero-order chi connectivity index (χ0) is 41.6. The van der Waals surface area contributed by atoms with E-state index in [4.69, 9.17) is 52.8 Å². The van der Waals surface area contributed by atoms with Crippen LogP contribution in [-0.2, 0) is 28.8 Å². The number of unbranched alkanes of at least 4 members (excludes halogenated alkanes) is 1. The summed E-state index contributed by atoms with van der Waals surface area (Å²) in [5.41, 5.74) is 10.5. The highest BCUT2D eigenvalue weighted by Gasteiger charge is 2.39. The zero-order valence-corrected chi connectivity index (χ0v) is 27.7. The number of piperidine rings is 1. The van der Waals surface area contributed by atoms with Crippen molar-refractivity contribution in [3.8, 4) is 0 Å². The first-order valence-electron chi connectivity index (χ1n) is 14.3. The van der Waals surface area contributed by atoms with Crippen LogP contribution in [0, 0.1) is 0 Å². The number of nitrogens with zero attached hydrogens (tertiary/aromatic N) is 3. The number of anilines is 1. The topological polar surface area (TPSA) is 280 Å². The van der Waals surface area contributed by atoms with Crippen LogP contribution in [-0.4, -0.2) is 124 Å². The van der Waals surface area contributed by atoms with E-state index in [0.717, 1.165) is 45.3 Å². The predicted octanol–water partition coefficient (Wildman–Crippen LogP) is 1.71. The van der Waals surface area contributed by atoms with Crippen LogP contribution in [0.15, 0.2) is 23.3 Å². The first kappa shape index (κ1) is 50.0. The molecule has 0 bridgehead atoms. The van der Waals surface area contributed by atoms with Gasteiger partial charge < -0.3 is 47.6 Å². The van der Waals surface area contributed by atoms with E-state index in [2.05, 4.69) is 30.8 Å². The van der Waals surface area contributed by atoms with Gasteiger partial charge in [0.15, 0.2) is 5.96 Å². The van der Waals surface area contributed by atoms with Crippen molar-refractivity contribution in [2.45, 2.75) is 56.7 Å². The Morgan fingerprint density at radius 1 is 0.830 bits per heavy atom. The maximum absolute atomic E-state index is 12.1. The SMILES string of the molecule is NC(N)=NCCCCC(=O)NCCN1CCC(NC(=O)C(=O)Nc2ccc(Cl)cn2)CC1.O=C(O)C(F)(F)F.O=C(O)C(F)(F)F.O=C(O)C(F)(F)F. The van der Waals surface area contributed by atoms with Gasteiger partial charge in [0, 0.05) is 51.4 Å². The van der Waals surface area contributed by atoms with Crippen molar-refractivity contribution in [1.82, 2.24) is 20.5 Å². The van der Waals surface area contributed by atoms with Gasteiger partial charge in [0.25, 0.3) is 0 Å². The molecule has 2 heterocycles. The number of nitrogens with one attached hydrogen (secondary N) is 3. The highest BCUT2D eigenvalue weighted by atomic mass is 35.5.